The number of benzene rings is 1. The second kappa shape index (κ2) is 5.80. The van der Waals surface area contributed by atoms with E-state index in [-0.39, 0.29) is 6.61 Å². The molecular formula is C14H12N2O2. The summed E-state index contributed by atoms with van der Waals surface area (Å²) >= 11 is 0. The molecule has 2 aromatic rings. The van der Waals surface area contributed by atoms with Crippen molar-refractivity contribution in [2.45, 2.75) is 6.42 Å². The highest BCUT2D eigenvalue weighted by Gasteiger charge is 2.05. The number of nitriles is 1. The predicted octanol–water partition coefficient (Wildman–Crippen LogP) is 2.28. The van der Waals surface area contributed by atoms with Crippen molar-refractivity contribution in [3.05, 3.63) is 53.7 Å². The number of pyridine rings is 1. The molecule has 0 saturated heterocycles. The van der Waals surface area contributed by atoms with E-state index in [2.05, 4.69) is 4.98 Å². The summed E-state index contributed by atoms with van der Waals surface area (Å²) < 4.78 is 5.63. The fourth-order valence-electron chi connectivity index (χ4n) is 1.58. The van der Waals surface area contributed by atoms with Crippen LogP contribution in [0.2, 0.25) is 0 Å². The van der Waals surface area contributed by atoms with E-state index in [1.54, 1.807) is 12.1 Å². The summed E-state index contributed by atoms with van der Waals surface area (Å²) in [5, 5.41) is 17.8. The molecule has 1 heterocycles. The topological polar surface area (TPSA) is 66.1 Å². The normalized spacial score (nSPS) is 9.78. The molecule has 0 radical (unpaired) electrons. The molecule has 2 rings (SSSR count). The third-order valence-corrected chi connectivity index (χ3v) is 2.43. The lowest BCUT2D eigenvalue weighted by Gasteiger charge is -2.09. The van der Waals surface area contributed by atoms with E-state index in [4.69, 9.17) is 15.1 Å². The minimum atomic E-state index is 0.0615. The smallest absolute Gasteiger partial charge is 0.220 e. The van der Waals surface area contributed by atoms with Crippen molar-refractivity contribution in [1.29, 1.82) is 5.26 Å². The van der Waals surface area contributed by atoms with Gasteiger partial charge in [0, 0.05) is 18.9 Å². The van der Waals surface area contributed by atoms with Crippen molar-refractivity contribution in [2.75, 3.05) is 6.61 Å². The molecule has 0 unspecified atom stereocenters. The summed E-state index contributed by atoms with van der Waals surface area (Å²) in [6.45, 7) is 0.0615. The monoisotopic (exact) mass is 240 g/mol. The van der Waals surface area contributed by atoms with Gasteiger partial charge in [-0.2, -0.15) is 5.26 Å². The zero-order valence-corrected chi connectivity index (χ0v) is 9.71. The maximum atomic E-state index is 8.98. The SMILES string of the molecule is N#Cc1ccnc(Oc2ccccc2CCO)c1. The zero-order chi connectivity index (χ0) is 12.8. The lowest BCUT2D eigenvalue weighted by atomic mass is 10.1. The molecule has 18 heavy (non-hydrogen) atoms. The third-order valence-electron chi connectivity index (χ3n) is 2.43. The largest absolute Gasteiger partial charge is 0.439 e. The number of aliphatic hydroxyl groups is 1. The van der Waals surface area contributed by atoms with Gasteiger partial charge >= 0.3 is 0 Å². The molecule has 4 heteroatoms. The summed E-state index contributed by atoms with van der Waals surface area (Å²) in [5.41, 5.74) is 1.41. The Morgan fingerprint density at radius 2 is 2.11 bits per heavy atom. The van der Waals surface area contributed by atoms with Crippen LogP contribution in [0, 0.1) is 11.3 Å². The standard InChI is InChI=1S/C14H12N2O2/c15-10-11-5-7-16-14(9-11)18-13-4-2-1-3-12(13)6-8-17/h1-5,7,9,17H,6,8H2. The van der Waals surface area contributed by atoms with Gasteiger partial charge in [0.2, 0.25) is 5.88 Å². The van der Waals surface area contributed by atoms with E-state index in [1.807, 2.05) is 30.3 Å². The molecular weight excluding hydrogens is 228 g/mol. The summed E-state index contributed by atoms with van der Waals surface area (Å²) in [6, 6.07) is 12.7. The van der Waals surface area contributed by atoms with Crippen LogP contribution in [0.1, 0.15) is 11.1 Å². The molecule has 0 bridgehead atoms. The first-order valence-electron chi connectivity index (χ1n) is 5.56. The molecule has 0 spiro atoms. The Kier molecular flexibility index (Phi) is 3.90. The van der Waals surface area contributed by atoms with E-state index < -0.39 is 0 Å². The maximum absolute atomic E-state index is 8.98. The van der Waals surface area contributed by atoms with Crippen LogP contribution in [0.3, 0.4) is 0 Å². The quantitative estimate of drug-likeness (QED) is 0.890. The Balaban J connectivity index is 2.25. The number of hydrogen-bond acceptors (Lipinski definition) is 4. The van der Waals surface area contributed by atoms with E-state index in [0.29, 0.717) is 23.6 Å². The molecule has 4 nitrogen and oxygen atoms in total. The van der Waals surface area contributed by atoms with Crippen molar-refractivity contribution in [3.8, 4) is 17.7 Å². The Hall–Kier alpha value is -2.38. The van der Waals surface area contributed by atoms with E-state index >= 15 is 0 Å². The van der Waals surface area contributed by atoms with Crippen molar-refractivity contribution < 1.29 is 9.84 Å². The van der Waals surface area contributed by atoms with Gasteiger partial charge in [0.25, 0.3) is 0 Å². The molecule has 1 aromatic heterocycles. The lowest BCUT2D eigenvalue weighted by Crippen LogP contribution is -1.96. The van der Waals surface area contributed by atoms with Crippen LogP contribution >= 0.6 is 0 Å². The third kappa shape index (κ3) is 2.84. The van der Waals surface area contributed by atoms with Gasteiger partial charge in [-0.15, -0.1) is 0 Å². The molecule has 0 amide bonds. The predicted molar refractivity (Wildman–Crippen MR) is 66.3 cm³/mol. The highest BCUT2D eigenvalue weighted by atomic mass is 16.5. The lowest BCUT2D eigenvalue weighted by molar-refractivity contribution is 0.297. The molecule has 1 aromatic carbocycles. The minimum Gasteiger partial charge on any atom is -0.439 e. The van der Waals surface area contributed by atoms with Crippen molar-refractivity contribution in [3.63, 3.8) is 0 Å². The minimum absolute atomic E-state index is 0.0615. The van der Waals surface area contributed by atoms with Crippen LogP contribution in [0.4, 0.5) is 0 Å². The number of aliphatic hydroxyl groups excluding tert-OH is 1. The van der Waals surface area contributed by atoms with Crippen LogP contribution in [0.25, 0.3) is 0 Å². The van der Waals surface area contributed by atoms with Gasteiger partial charge in [-0.1, -0.05) is 18.2 Å². The van der Waals surface area contributed by atoms with Crippen LogP contribution < -0.4 is 4.74 Å². The van der Waals surface area contributed by atoms with E-state index in [9.17, 15) is 0 Å². The van der Waals surface area contributed by atoms with Gasteiger partial charge < -0.3 is 9.84 Å². The summed E-state index contributed by atoms with van der Waals surface area (Å²) in [4.78, 5) is 4.05. The Morgan fingerprint density at radius 1 is 1.28 bits per heavy atom. The van der Waals surface area contributed by atoms with Crippen molar-refractivity contribution >= 4 is 0 Å². The molecule has 90 valence electrons. The number of ether oxygens (including phenoxy) is 1. The molecule has 1 N–H and O–H groups in total. The Labute approximate surface area is 105 Å². The highest BCUT2D eigenvalue weighted by molar-refractivity contribution is 5.38. The summed E-state index contributed by atoms with van der Waals surface area (Å²) in [6.07, 6.45) is 2.05. The van der Waals surface area contributed by atoms with Crippen molar-refractivity contribution in [2.24, 2.45) is 0 Å². The number of rotatable bonds is 4. The number of hydrogen-bond donors (Lipinski definition) is 1. The number of nitrogens with zero attached hydrogens (tertiary/aromatic N) is 2. The average Bonchev–Trinajstić information content (AvgIpc) is 2.41. The second-order valence-corrected chi connectivity index (χ2v) is 3.68. The zero-order valence-electron chi connectivity index (χ0n) is 9.71. The number of aromatic nitrogens is 1. The first kappa shape index (κ1) is 12.1. The fourth-order valence-corrected chi connectivity index (χ4v) is 1.58. The van der Waals surface area contributed by atoms with Crippen LogP contribution in [0.5, 0.6) is 11.6 Å². The average molecular weight is 240 g/mol. The molecule has 0 aliphatic rings. The summed E-state index contributed by atoms with van der Waals surface area (Å²) in [5.74, 6) is 1.02. The van der Waals surface area contributed by atoms with Crippen molar-refractivity contribution in [1.82, 2.24) is 4.98 Å². The van der Waals surface area contributed by atoms with Gasteiger partial charge in [-0.3, -0.25) is 0 Å². The molecule has 0 aliphatic carbocycles. The first-order chi connectivity index (χ1) is 8.83. The Bertz CT molecular complexity index is 576. The molecule has 0 atom stereocenters. The van der Waals surface area contributed by atoms with Gasteiger partial charge in [0.1, 0.15) is 5.75 Å². The van der Waals surface area contributed by atoms with Gasteiger partial charge in [-0.25, -0.2) is 4.98 Å². The van der Waals surface area contributed by atoms with Crippen LogP contribution in [-0.2, 0) is 6.42 Å². The molecule has 0 saturated carbocycles. The molecule has 0 fully saturated rings. The van der Waals surface area contributed by atoms with E-state index in [1.165, 1.54) is 6.20 Å². The summed E-state index contributed by atoms with van der Waals surface area (Å²) in [7, 11) is 0. The second-order valence-electron chi connectivity index (χ2n) is 3.68. The van der Waals surface area contributed by atoms with Crippen LogP contribution in [-0.4, -0.2) is 16.7 Å². The highest BCUT2D eigenvalue weighted by Crippen LogP contribution is 2.24. The Morgan fingerprint density at radius 3 is 2.89 bits per heavy atom. The number of para-hydroxylation sites is 1. The first-order valence-corrected chi connectivity index (χ1v) is 5.56. The van der Waals surface area contributed by atoms with Gasteiger partial charge in [0.15, 0.2) is 0 Å². The van der Waals surface area contributed by atoms with E-state index in [0.717, 1.165) is 5.56 Å². The fraction of sp³-hybridized carbons (Fsp3) is 0.143. The maximum Gasteiger partial charge on any atom is 0.220 e. The van der Waals surface area contributed by atoms with Crippen LogP contribution in [0.15, 0.2) is 42.6 Å². The van der Waals surface area contributed by atoms with Gasteiger partial charge in [0.05, 0.1) is 11.6 Å². The molecule has 0 aliphatic heterocycles. The van der Waals surface area contributed by atoms with Gasteiger partial charge in [-0.05, 0) is 24.1 Å².